The number of benzene rings is 2. The molecule has 0 aromatic heterocycles. The maximum absolute atomic E-state index is 11.9. The highest BCUT2D eigenvalue weighted by Crippen LogP contribution is 2.44. The first kappa shape index (κ1) is 19.6. The van der Waals surface area contributed by atoms with E-state index in [1.807, 2.05) is 35.3 Å². The van der Waals surface area contributed by atoms with E-state index in [1.54, 1.807) is 13.2 Å². The van der Waals surface area contributed by atoms with Crippen LogP contribution in [0.15, 0.2) is 61.2 Å². The summed E-state index contributed by atoms with van der Waals surface area (Å²) >= 11 is 0. The maximum Gasteiger partial charge on any atom is 0.308 e. The number of carbonyl (C=O) groups excluding carboxylic acids is 2. The van der Waals surface area contributed by atoms with Crippen molar-refractivity contribution in [2.45, 2.75) is 25.3 Å². The first-order valence-electron chi connectivity index (χ1n) is 9.14. The quantitative estimate of drug-likeness (QED) is 0.473. The second-order valence-electron chi connectivity index (χ2n) is 6.63. The maximum atomic E-state index is 11.9. The Kier molecular flexibility index (Phi) is 6.11. The summed E-state index contributed by atoms with van der Waals surface area (Å²) in [4.78, 5) is 23.2. The van der Waals surface area contributed by atoms with E-state index in [9.17, 15) is 9.59 Å². The molecule has 1 aliphatic heterocycles. The third-order valence-corrected chi connectivity index (χ3v) is 4.85. The summed E-state index contributed by atoms with van der Waals surface area (Å²) in [5.41, 5.74) is 5.08. The zero-order chi connectivity index (χ0) is 20.1. The van der Waals surface area contributed by atoms with Crippen molar-refractivity contribution in [2.75, 3.05) is 13.7 Å². The van der Waals surface area contributed by atoms with E-state index < -0.39 is 5.97 Å². The molecule has 2 aromatic carbocycles. The minimum absolute atomic E-state index is 0.0330. The van der Waals surface area contributed by atoms with E-state index in [0.717, 1.165) is 17.5 Å². The van der Waals surface area contributed by atoms with Crippen molar-refractivity contribution < 1.29 is 19.1 Å². The number of ether oxygens (including phenoxy) is 2. The van der Waals surface area contributed by atoms with Crippen LogP contribution in [0.5, 0.6) is 11.5 Å². The summed E-state index contributed by atoms with van der Waals surface area (Å²) in [6.07, 6.45) is 2.12. The smallest absolute Gasteiger partial charge is 0.308 e. The number of hydrogen-bond acceptors (Lipinski definition) is 5. The van der Waals surface area contributed by atoms with Gasteiger partial charge in [0.25, 0.3) is 5.91 Å². The van der Waals surface area contributed by atoms with Crippen LogP contribution < -0.4 is 14.9 Å². The average Bonchev–Trinajstić information content (AvgIpc) is 3.11. The van der Waals surface area contributed by atoms with Gasteiger partial charge < -0.3 is 9.47 Å². The first-order valence-corrected chi connectivity index (χ1v) is 9.14. The van der Waals surface area contributed by atoms with Gasteiger partial charge in [-0.3, -0.25) is 15.0 Å². The standard InChI is InChI=1S/C22H24N2O4/c1-4-21(26)23-24-13-12-18(22(24)16-8-6-5-7-9-16)17-10-11-19(28-15(2)25)20(14-17)27-3/h4-11,14,18,22H,1,12-13H2,2-3H3,(H,23,26)/t18-,22+/m0/s1. The molecule has 1 aliphatic rings. The molecule has 2 atom stereocenters. The van der Waals surface area contributed by atoms with Crippen LogP contribution in [-0.4, -0.2) is 30.5 Å². The van der Waals surface area contributed by atoms with Crippen LogP contribution in [-0.2, 0) is 9.59 Å². The lowest BCUT2D eigenvalue weighted by Gasteiger charge is -2.29. The van der Waals surface area contributed by atoms with E-state index in [4.69, 9.17) is 9.47 Å². The van der Waals surface area contributed by atoms with Gasteiger partial charge in [0.15, 0.2) is 11.5 Å². The Bertz CT molecular complexity index is 866. The number of rotatable bonds is 6. The van der Waals surface area contributed by atoms with Gasteiger partial charge in [0, 0.05) is 19.4 Å². The predicted molar refractivity (Wildman–Crippen MR) is 106 cm³/mol. The summed E-state index contributed by atoms with van der Waals surface area (Å²) in [7, 11) is 1.55. The SMILES string of the molecule is C=CC(=O)NN1CC[C@@H](c2ccc(OC(C)=O)c(OC)c2)[C@H]1c1ccccc1. The third kappa shape index (κ3) is 4.23. The Morgan fingerprint density at radius 2 is 1.89 bits per heavy atom. The van der Waals surface area contributed by atoms with Crippen LogP contribution >= 0.6 is 0 Å². The zero-order valence-electron chi connectivity index (χ0n) is 16.1. The fourth-order valence-corrected chi connectivity index (χ4v) is 3.67. The zero-order valence-corrected chi connectivity index (χ0v) is 16.1. The molecule has 1 N–H and O–H groups in total. The molecular formula is C22H24N2O4. The number of nitrogens with zero attached hydrogens (tertiary/aromatic N) is 1. The van der Waals surface area contributed by atoms with Crippen LogP contribution in [0.2, 0.25) is 0 Å². The normalized spacial score (nSPS) is 19.1. The van der Waals surface area contributed by atoms with Crippen LogP contribution in [0.1, 0.15) is 36.4 Å². The molecule has 1 heterocycles. The number of hydrazine groups is 1. The van der Waals surface area contributed by atoms with Gasteiger partial charge in [-0.05, 0) is 35.8 Å². The first-order chi connectivity index (χ1) is 13.5. The Hall–Kier alpha value is -3.12. The van der Waals surface area contributed by atoms with Crippen molar-refractivity contribution in [3.05, 3.63) is 72.3 Å². The highest BCUT2D eigenvalue weighted by atomic mass is 16.6. The molecule has 1 fully saturated rings. The van der Waals surface area contributed by atoms with Gasteiger partial charge in [-0.1, -0.05) is 43.0 Å². The molecule has 3 rings (SSSR count). The summed E-state index contributed by atoms with van der Waals surface area (Å²) < 4.78 is 10.6. The van der Waals surface area contributed by atoms with E-state index in [2.05, 4.69) is 24.1 Å². The summed E-state index contributed by atoms with van der Waals surface area (Å²) in [6, 6.07) is 15.6. The fourth-order valence-electron chi connectivity index (χ4n) is 3.67. The number of nitrogens with one attached hydrogen (secondary N) is 1. The van der Waals surface area contributed by atoms with Gasteiger partial charge in [0.2, 0.25) is 0 Å². The Morgan fingerprint density at radius 1 is 1.14 bits per heavy atom. The molecule has 0 aliphatic carbocycles. The minimum Gasteiger partial charge on any atom is -0.493 e. The second-order valence-corrected chi connectivity index (χ2v) is 6.63. The minimum atomic E-state index is -0.396. The molecular weight excluding hydrogens is 356 g/mol. The Morgan fingerprint density at radius 3 is 2.54 bits per heavy atom. The van der Waals surface area contributed by atoms with Crippen LogP contribution in [0.4, 0.5) is 0 Å². The average molecular weight is 380 g/mol. The summed E-state index contributed by atoms with van der Waals surface area (Å²) in [5, 5.41) is 1.95. The summed E-state index contributed by atoms with van der Waals surface area (Å²) in [6.45, 7) is 5.60. The van der Waals surface area contributed by atoms with Gasteiger partial charge in [-0.25, -0.2) is 5.01 Å². The van der Waals surface area contributed by atoms with Crippen molar-refractivity contribution in [3.63, 3.8) is 0 Å². The van der Waals surface area contributed by atoms with Gasteiger partial charge in [-0.15, -0.1) is 0 Å². The molecule has 1 amide bonds. The fraction of sp³-hybridized carbons (Fsp3) is 0.273. The lowest BCUT2D eigenvalue weighted by atomic mass is 9.87. The highest BCUT2D eigenvalue weighted by Gasteiger charge is 2.37. The molecule has 0 radical (unpaired) electrons. The van der Waals surface area contributed by atoms with Gasteiger partial charge in [-0.2, -0.15) is 0 Å². The van der Waals surface area contributed by atoms with E-state index in [0.29, 0.717) is 18.0 Å². The number of amides is 1. The molecule has 6 heteroatoms. The molecule has 146 valence electrons. The van der Waals surface area contributed by atoms with E-state index in [1.165, 1.54) is 13.0 Å². The Labute approximate surface area is 164 Å². The molecule has 1 saturated heterocycles. The lowest BCUT2D eigenvalue weighted by molar-refractivity contribution is -0.132. The third-order valence-electron chi connectivity index (χ3n) is 4.85. The van der Waals surface area contributed by atoms with Gasteiger partial charge in [0.05, 0.1) is 13.2 Å². The molecule has 0 unspecified atom stereocenters. The van der Waals surface area contributed by atoms with E-state index in [-0.39, 0.29) is 17.9 Å². The van der Waals surface area contributed by atoms with Crippen molar-refractivity contribution in [1.29, 1.82) is 0 Å². The number of hydrogen-bond donors (Lipinski definition) is 1. The topological polar surface area (TPSA) is 67.9 Å². The largest absolute Gasteiger partial charge is 0.493 e. The van der Waals surface area contributed by atoms with Crippen molar-refractivity contribution in [1.82, 2.24) is 10.4 Å². The number of carbonyl (C=O) groups is 2. The Balaban J connectivity index is 1.96. The van der Waals surface area contributed by atoms with Crippen LogP contribution in [0.25, 0.3) is 0 Å². The molecule has 0 spiro atoms. The lowest BCUT2D eigenvalue weighted by Crippen LogP contribution is -2.41. The number of methoxy groups -OCH3 is 1. The van der Waals surface area contributed by atoms with Crippen molar-refractivity contribution in [2.24, 2.45) is 0 Å². The predicted octanol–water partition coefficient (Wildman–Crippen LogP) is 3.37. The molecule has 0 saturated carbocycles. The molecule has 0 bridgehead atoms. The highest BCUT2D eigenvalue weighted by molar-refractivity contribution is 5.86. The van der Waals surface area contributed by atoms with E-state index >= 15 is 0 Å². The summed E-state index contributed by atoms with van der Waals surface area (Å²) in [5.74, 6) is 0.405. The van der Waals surface area contributed by atoms with Crippen molar-refractivity contribution >= 4 is 11.9 Å². The molecule has 28 heavy (non-hydrogen) atoms. The van der Waals surface area contributed by atoms with Crippen LogP contribution in [0.3, 0.4) is 0 Å². The monoisotopic (exact) mass is 380 g/mol. The molecule has 6 nitrogen and oxygen atoms in total. The van der Waals surface area contributed by atoms with Crippen molar-refractivity contribution in [3.8, 4) is 11.5 Å². The van der Waals surface area contributed by atoms with Gasteiger partial charge >= 0.3 is 5.97 Å². The van der Waals surface area contributed by atoms with Gasteiger partial charge in [0.1, 0.15) is 0 Å². The molecule has 2 aromatic rings. The second kappa shape index (κ2) is 8.71. The van der Waals surface area contributed by atoms with Crippen LogP contribution in [0, 0.1) is 0 Å². The number of esters is 1.